The van der Waals surface area contributed by atoms with E-state index in [0.717, 1.165) is 52.7 Å². The summed E-state index contributed by atoms with van der Waals surface area (Å²) in [6.07, 6.45) is 7.14. The Morgan fingerprint density at radius 1 is 1.20 bits per heavy atom. The highest BCUT2D eigenvalue weighted by Crippen LogP contribution is 2.66. The van der Waals surface area contributed by atoms with E-state index in [4.69, 9.17) is 0 Å². The van der Waals surface area contributed by atoms with Crippen molar-refractivity contribution in [2.45, 2.75) is 38.6 Å². The Morgan fingerprint density at radius 3 is 2.60 bits per heavy atom. The highest BCUT2D eigenvalue weighted by molar-refractivity contribution is 9.10. The third-order valence-corrected chi connectivity index (χ3v) is 6.12. The van der Waals surface area contributed by atoms with Crippen LogP contribution in [-0.2, 0) is 0 Å². The molecule has 0 spiro atoms. The van der Waals surface area contributed by atoms with Crippen LogP contribution in [0.15, 0.2) is 10.8 Å². The second kappa shape index (κ2) is 4.86. The van der Waals surface area contributed by atoms with Crippen LogP contribution in [0.25, 0.3) is 0 Å². The van der Waals surface area contributed by atoms with Crippen molar-refractivity contribution in [1.29, 1.82) is 0 Å². The van der Waals surface area contributed by atoms with Gasteiger partial charge in [0.05, 0.1) is 0 Å². The molecular weight excluding hydrogens is 316 g/mol. The molecule has 4 atom stereocenters. The van der Waals surface area contributed by atoms with E-state index in [-0.39, 0.29) is 0 Å². The van der Waals surface area contributed by atoms with Gasteiger partial charge in [-0.25, -0.2) is 9.97 Å². The van der Waals surface area contributed by atoms with Crippen molar-refractivity contribution in [2.24, 2.45) is 23.7 Å². The van der Waals surface area contributed by atoms with E-state index in [2.05, 4.69) is 43.5 Å². The molecule has 5 heteroatoms. The largest absolute Gasteiger partial charge is 0.369 e. The monoisotopic (exact) mass is 336 g/mol. The first-order chi connectivity index (χ1) is 9.79. The number of halogens is 1. The highest BCUT2D eigenvalue weighted by atomic mass is 79.9. The van der Waals surface area contributed by atoms with Crippen molar-refractivity contribution in [2.75, 3.05) is 17.2 Å². The normalized spacial score (nSPS) is 36.8. The first kappa shape index (κ1) is 12.9. The van der Waals surface area contributed by atoms with Gasteiger partial charge in [0.2, 0.25) is 0 Å². The number of hydrogen-bond donors (Lipinski definition) is 2. The summed E-state index contributed by atoms with van der Waals surface area (Å²) in [4.78, 5) is 8.73. The number of hydrogen-bond acceptors (Lipinski definition) is 4. The van der Waals surface area contributed by atoms with Crippen molar-refractivity contribution < 1.29 is 0 Å². The molecule has 0 aliphatic heterocycles. The summed E-state index contributed by atoms with van der Waals surface area (Å²) >= 11 is 3.64. The van der Waals surface area contributed by atoms with E-state index in [9.17, 15) is 0 Å². The van der Waals surface area contributed by atoms with Gasteiger partial charge in [0.25, 0.3) is 0 Å². The summed E-state index contributed by atoms with van der Waals surface area (Å²) in [7, 11) is 0. The van der Waals surface area contributed by atoms with Crippen molar-refractivity contribution >= 4 is 27.6 Å². The van der Waals surface area contributed by atoms with E-state index in [1.54, 1.807) is 6.33 Å². The SMILES string of the molecule is CCCNc1ncnc(NC2C3C4CCC(C4)C23)c1Br. The van der Waals surface area contributed by atoms with Gasteiger partial charge in [0.15, 0.2) is 0 Å². The number of anilines is 2. The lowest BCUT2D eigenvalue weighted by Gasteiger charge is -2.14. The minimum atomic E-state index is 0.659. The molecule has 1 aromatic rings. The van der Waals surface area contributed by atoms with Crippen molar-refractivity contribution in [3.63, 3.8) is 0 Å². The summed E-state index contributed by atoms with van der Waals surface area (Å²) in [5, 5.41) is 7.00. The Morgan fingerprint density at radius 2 is 1.90 bits per heavy atom. The van der Waals surface area contributed by atoms with Crippen LogP contribution in [0.1, 0.15) is 32.6 Å². The molecule has 3 aliphatic rings. The molecule has 0 aromatic carbocycles. The molecule has 4 unspecified atom stereocenters. The number of nitrogens with one attached hydrogen (secondary N) is 2. The molecule has 0 saturated heterocycles. The van der Waals surface area contributed by atoms with Gasteiger partial charge in [0.1, 0.15) is 22.4 Å². The first-order valence-corrected chi connectivity index (χ1v) is 8.59. The molecule has 3 aliphatic carbocycles. The van der Waals surface area contributed by atoms with Crippen LogP contribution in [0, 0.1) is 23.7 Å². The number of nitrogens with zero attached hydrogens (tertiary/aromatic N) is 2. The Kier molecular flexibility index (Phi) is 3.13. The average Bonchev–Trinajstić information content (AvgIpc) is 2.84. The van der Waals surface area contributed by atoms with E-state index < -0.39 is 0 Å². The van der Waals surface area contributed by atoms with Crippen LogP contribution in [0.2, 0.25) is 0 Å². The summed E-state index contributed by atoms with van der Waals surface area (Å²) in [6.45, 7) is 3.09. The van der Waals surface area contributed by atoms with Crippen molar-refractivity contribution in [1.82, 2.24) is 9.97 Å². The van der Waals surface area contributed by atoms with E-state index in [0.29, 0.717) is 6.04 Å². The lowest BCUT2D eigenvalue weighted by molar-refractivity contribution is 0.456. The zero-order chi connectivity index (χ0) is 13.7. The zero-order valence-electron chi connectivity index (χ0n) is 11.8. The van der Waals surface area contributed by atoms with E-state index in [1.807, 2.05) is 0 Å². The smallest absolute Gasteiger partial charge is 0.146 e. The van der Waals surface area contributed by atoms with Crippen molar-refractivity contribution in [3.05, 3.63) is 10.8 Å². The van der Waals surface area contributed by atoms with Crippen LogP contribution >= 0.6 is 15.9 Å². The fourth-order valence-corrected chi connectivity index (χ4v) is 4.97. The predicted molar refractivity (Wildman–Crippen MR) is 83.7 cm³/mol. The van der Waals surface area contributed by atoms with Crippen LogP contribution < -0.4 is 10.6 Å². The van der Waals surface area contributed by atoms with Crippen molar-refractivity contribution in [3.8, 4) is 0 Å². The van der Waals surface area contributed by atoms with Gasteiger partial charge in [-0.1, -0.05) is 6.92 Å². The van der Waals surface area contributed by atoms with Gasteiger partial charge < -0.3 is 10.6 Å². The van der Waals surface area contributed by atoms with Crippen LogP contribution in [0.3, 0.4) is 0 Å². The molecule has 4 nitrogen and oxygen atoms in total. The summed E-state index contributed by atoms with van der Waals surface area (Å²) in [5.74, 6) is 5.67. The Bertz CT molecular complexity index is 505. The Labute approximate surface area is 128 Å². The van der Waals surface area contributed by atoms with Gasteiger partial charge in [-0.05, 0) is 65.3 Å². The molecule has 108 valence electrons. The topological polar surface area (TPSA) is 49.8 Å². The maximum atomic E-state index is 4.42. The average molecular weight is 337 g/mol. The van der Waals surface area contributed by atoms with Crippen LogP contribution in [0.4, 0.5) is 11.6 Å². The molecule has 2 bridgehead atoms. The maximum Gasteiger partial charge on any atom is 0.146 e. The molecule has 0 radical (unpaired) electrons. The molecule has 1 aromatic heterocycles. The number of rotatable bonds is 5. The molecule has 3 fully saturated rings. The summed E-state index contributed by atoms with van der Waals surface area (Å²) in [6, 6.07) is 0.659. The van der Waals surface area contributed by atoms with Gasteiger partial charge >= 0.3 is 0 Å². The lowest BCUT2D eigenvalue weighted by Crippen LogP contribution is -2.15. The molecule has 0 amide bonds. The lowest BCUT2D eigenvalue weighted by atomic mass is 10.0. The predicted octanol–water partition coefficient (Wildman–Crippen LogP) is 3.52. The minimum Gasteiger partial charge on any atom is -0.369 e. The fraction of sp³-hybridized carbons (Fsp3) is 0.733. The van der Waals surface area contributed by atoms with E-state index >= 15 is 0 Å². The van der Waals surface area contributed by atoms with Crippen LogP contribution in [0.5, 0.6) is 0 Å². The molecule has 4 rings (SSSR count). The highest BCUT2D eigenvalue weighted by Gasteiger charge is 2.65. The minimum absolute atomic E-state index is 0.659. The molecule has 20 heavy (non-hydrogen) atoms. The molecule has 2 N–H and O–H groups in total. The van der Waals surface area contributed by atoms with Gasteiger partial charge in [0, 0.05) is 12.6 Å². The fourth-order valence-electron chi connectivity index (χ4n) is 4.51. The molecule has 1 heterocycles. The van der Waals surface area contributed by atoms with Gasteiger partial charge in [-0.2, -0.15) is 0 Å². The Hall–Kier alpha value is -0.840. The third-order valence-electron chi connectivity index (χ3n) is 5.37. The number of aromatic nitrogens is 2. The standard InChI is InChI=1S/C15H21BrN4/c1-2-5-17-14-12(16)15(19-7-18-14)20-13-10-8-3-4-9(6-8)11(10)13/h7-11,13H,2-6H2,1H3,(H2,17,18,19,20). The quantitative estimate of drug-likeness (QED) is 0.863. The van der Waals surface area contributed by atoms with Gasteiger partial charge in [-0.15, -0.1) is 0 Å². The second-order valence-corrected chi connectivity index (χ2v) is 7.26. The van der Waals surface area contributed by atoms with Gasteiger partial charge in [-0.3, -0.25) is 0 Å². The Balaban J connectivity index is 1.47. The van der Waals surface area contributed by atoms with Crippen LogP contribution in [-0.4, -0.2) is 22.6 Å². The second-order valence-electron chi connectivity index (χ2n) is 6.47. The maximum absolute atomic E-state index is 4.42. The summed E-state index contributed by atoms with van der Waals surface area (Å²) in [5.41, 5.74) is 0. The molecule has 3 saturated carbocycles. The summed E-state index contributed by atoms with van der Waals surface area (Å²) < 4.78 is 0.978. The van der Waals surface area contributed by atoms with E-state index in [1.165, 1.54) is 19.3 Å². The number of fused-ring (bicyclic) bond motifs is 5. The third kappa shape index (κ3) is 1.93. The molecular formula is C15H21BrN4. The zero-order valence-corrected chi connectivity index (χ0v) is 13.4. The first-order valence-electron chi connectivity index (χ1n) is 7.80.